The Kier molecular flexibility index (Phi) is 4.08. The number of aromatic nitrogens is 6. The number of fused-ring (bicyclic) bond motifs is 1. The minimum atomic E-state index is -4.62. The highest BCUT2D eigenvalue weighted by atomic mass is 19.4. The van der Waals surface area contributed by atoms with E-state index in [1.165, 1.54) is 0 Å². The molecule has 1 saturated heterocycles. The third-order valence-corrected chi connectivity index (χ3v) is 4.82. The molecule has 0 radical (unpaired) electrons. The predicted molar refractivity (Wildman–Crippen MR) is 97.3 cm³/mol. The van der Waals surface area contributed by atoms with Crippen molar-refractivity contribution in [1.29, 1.82) is 0 Å². The lowest BCUT2D eigenvalue weighted by Gasteiger charge is -2.37. The van der Waals surface area contributed by atoms with E-state index in [9.17, 15) is 13.2 Å². The number of hydrogen-bond donors (Lipinski definition) is 1. The number of rotatable bonds is 2. The van der Waals surface area contributed by atoms with Crippen LogP contribution in [0.2, 0.25) is 0 Å². The van der Waals surface area contributed by atoms with Crippen LogP contribution in [0.15, 0.2) is 6.07 Å². The second kappa shape index (κ2) is 6.24. The third kappa shape index (κ3) is 2.98. The van der Waals surface area contributed by atoms with Gasteiger partial charge < -0.3 is 15.5 Å². The van der Waals surface area contributed by atoms with Gasteiger partial charge in [0, 0.05) is 45.0 Å². The first-order valence-electron chi connectivity index (χ1n) is 8.75. The van der Waals surface area contributed by atoms with Crippen molar-refractivity contribution in [2.75, 3.05) is 41.7 Å². The Balaban J connectivity index is 1.62. The standard InChI is InChI=1S/C16H20F3N9/c1-9-8-11(28-15(21-9)22-14(24-28)16(17,18)19)26-4-6-27(7-5-26)13-12(20)10(2)23-25(13)3/h8H,4-7,20H2,1-3H3. The van der Waals surface area contributed by atoms with Gasteiger partial charge in [-0.2, -0.15) is 27.8 Å². The van der Waals surface area contributed by atoms with E-state index in [2.05, 4.69) is 25.1 Å². The first kappa shape index (κ1) is 18.3. The Labute approximate surface area is 158 Å². The fraction of sp³-hybridized carbons (Fsp3) is 0.500. The molecule has 0 spiro atoms. The molecular weight excluding hydrogens is 375 g/mol. The molecule has 0 amide bonds. The van der Waals surface area contributed by atoms with Gasteiger partial charge in [-0.3, -0.25) is 4.68 Å². The van der Waals surface area contributed by atoms with E-state index in [1.807, 2.05) is 18.9 Å². The summed E-state index contributed by atoms with van der Waals surface area (Å²) in [6, 6.07) is 1.72. The summed E-state index contributed by atoms with van der Waals surface area (Å²) in [6.45, 7) is 6.04. The van der Waals surface area contributed by atoms with Gasteiger partial charge in [0.1, 0.15) is 5.82 Å². The fourth-order valence-corrected chi connectivity index (χ4v) is 3.50. The van der Waals surface area contributed by atoms with Crippen molar-refractivity contribution in [2.45, 2.75) is 20.0 Å². The van der Waals surface area contributed by atoms with Crippen LogP contribution < -0.4 is 15.5 Å². The highest BCUT2D eigenvalue weighted by molar-refractivity contribution is 5.66. The van der Waals surface area contributed by atoms with Crippen molar-refractivity contribution >= 4 is 23.1 Å². The average Bonchev–Trinajstić information content (AvgIpc) is 3.15. The van der Waals surface area contributed by atoms with Crippen LogP contribution in [-0.2, 0) is 13.2 Å². The molecule has 0 aliphatic carbocycles. The van der Waals surface area contributed by atoms with Crippen LogP contribution in [0.3, 0.4) is 0 Å². The monoisotopic (exact) mass is 395 g/mol. The Bertz CT molecular complexity index is 1030. The summed E-state index contributed by atoms with van der Waals surface area (Å²) in [4.78, 5) is 11.7. The van der Waals surface area contributed by atoms with E-state index in [-0.39, 0.29) is 5.78 Å². The lowest BCUT2D eigenvalue weighted by Crippen LogP contribution is -2.48. The Morgan fingerprint density at radius 3 is 2.21 bits per heavy atom. The van der Waals surface area contributed by atoms with Crippen LogP contribution in [0.1, 0.15) is 17.2 Å². The first-order valence-corrected chi connectivity index (χ1v) is 8.75. The first-order chi connectivity index (χ1) is 13.1. The highest BCUT2D eigenvalue weighted by Crippen LogP contribution is 2.29. The van der Waals surface area contributed by atoms with Crippen LogP contribution in [0, 0.1) is 13.8 Å². The maximum Gasteiger partial charge on any atom is 0.453 e. The molecule has 1 aliphatic rings. The summed E-state index contributed by atoms with van der Waals surface area (Å²) in [5.74, 6) is 0.146. The van der Waals surface area contributed by atoms with E-state index in [0.717, 1.165) is 16.0 Å². The van der Waals surface area contributed by atoms with Crippen LogP contribution in [0.4, 0.5) is 30.5 Å². The van der Waals surface area contributed by atoms with E-state index < -0.39 is 12.0 Å². The largest absolute Gasteiger partial charge is 0.453 e. The quantitative estimate of drug-likeness (QED) is 0.701. The minimum Gasteiger partial charge on any atom is -0.394 e. The summed E-state index contributed by atoms with van der Waals surface area (Å²) in [5.41, 5.74) is 8.14. The molecule has 0 unspecified atom stereocenters. The molecule has 4 heterocycles. The zero-order chi connectivity index (χ0) is 20.2. The van der Waals surface area contributed by atoms with Crippen molar-refractivity contribution in [3.05, 3.63) is 23.3 Å². The Morgan fingerprint density at radius 1 is 1.00 bits per heavy atom. The molecule has 0 atom stereocenters. The molecule has 0 bridgehead atoms. The van der Waals surface area contributed by atoms with Crippen molar-refractivity contribution in [1.82, 2.24) is 29.4 Å². The Hall–Kier alpha value is -3.05. The van der Waals surface area contributed by atoms with Crippen LogP contribution in [0.5, 0.6) is 0 Å². The maximum atomic E-state index is 13.0. The second-order valence-electron chi connectivity index (χ2n) is 6.82. The SMILES string of the molecule is Cc1cc(N2CCN(c3c(N)c(C)nn3C)CC2)n2nc(C(F)(F)F)nc2n1. The van der Waals surface area contributed by atoms with Gasteiger partial charge >= 0.3 is 6.18 Å². The topological polar surface area (TPSA) is 93.4 Å². The molecule has 3 aromatic heterocycles. The molecule has 4 rings (SSSR count). The smallest absolute Gasteiger partial charge is 0.394 e. The lowest BCUT2D eigenvalue weighted by atomic mass is 10.2. The zero-order valence-corrected chi connectivity index (χ0v) is 15.7. The highest BCUT2D eigenvalue weighted by Gasteiger charge is 2.37. The van der Waals surface area contributed by atoms with Gasteiger partial charge in [-0.1, -0.05) is 0 Å². The van der Waals surface area contributed by atoms with Crippen LogP contribution >= 0.6 is 0 Å². The molecule has 28 heavy (non-hydrogen) atoms. The third-order valence-electron chi connectivity index (χ3n) is 4.82. The number of alkyl halides is 3. The van der Waals surface area contributed by atoms with E-state index in [1.54, 1.807) is 17.7 Å². The van der Waals surface area contributed by atoms with Crippen molar-refractivity contribution in [3.63, 3.8) is 0 Å². The average molecular weight is 395 g/mol. The summed E-state index contributed by atoms with van der Waals surface area (Å²) >= 11 is 0. The molecule has 9 nitrogen and oxygen atoms in total. The molecule has 2 N–H and O–H groups in total. The minimum absolute atomic E-state index is 0.0590. The van der Waals surface area contributed by atoms with Gasteiger partial charge in [0.05, 0.1) is 11.4 Å². The van der Waals surface area contributed by atoms with Crippen molar-refractivity contribution in [3.8, 4) is 0 Å². The Morgan fingerprint density at radius 2 is 1.64 bits per heavy atom. The number of nitrogens with two attached hydrogens (primary N) is 1. The van der Waals surface area contributed by atoms with Gasteiger partial charge in [0.15, 0.2) is 5.82 Å². The summed E-state index contributed by atoms with van der Waals surface area (Å²) < 4.78 is 41.9. The molecular formula is C16H20F3N9. The fourth-order valence-electron chi connectivity index (χ4n) is 3.50. The molecule has 150 valence electrons. The molecule has 3 aromatic rings. The maximum absolute atomic E-state index is 13.0. The van der Waals surface area contributed by atoms with Gasteiger partial charge in [-0.25, -0.2) is 4.98 Å². The molecule has 1 aliphatic heterocycles. The van der Waals surface area contributed by atoms with Crippen molar-refractivity contribution in [2.24, 2.45) is 7.05 Å². The van der Waals surface area contributed by atoms with Crippen LogP contribution in [-0.4, -0.2) is 55.5 Å². The number of nitrogens with zero attached hydrogens (tertiary/aromatic N) is 8. The lowest BCUT2D eigenvalue weighted by molar-refractivity contribution is -0.144. The molecule has 12 heteroatoms. The van der Waals surface area contributed by atoms with Gasteiger partial charge in [-0.15, -0.1) is 5.10 Å². The van der Waals surface area contributed by atoms with E-state index >= 15 is 0 Å². The zero-order valence-electron chi connectivity index (χ0n) is 15.7. The van der Waals surface area contributed by atoms with Gasteiger partial charge in [-0.05, 0) is 13.8 Å². The van der Waals surface area contributed by atoms with Gasteiger partial charge in [0.2, 0.25) is 0 Å². The van der Waals surface area contributed by atoms with Crippen LogP contribution in [0.25, 0.3) is 5.78 Å². The number of piperazine rings is 1. The number of nitrogen functional groups attached to an aromatic ring is 1. The summed E-state index contributed by atoms with van der Waals surface area (Å²) in [6.07, 6.45) is -4.62. The predicted octanol–water partition coefficient (Wildman–Crippen LogP) is 1.40. The van der Waals surface area contributed by atoms with Gasteiger partial charge in [0.25, 0.3) is 11.6 Å². The van der Waals surface area contributed by atoms with Crippen molar-refractivity contribution < 1.29 is 13.2 Å². The molecule has 0 saturated carbocycles. The summed E-state index contributed by atoms with van der Waals surface area (Å²) in [5, 5.41) is 7.98. The summed E-state index contributed by atoms with van der Waals surface area (Å²) in [7, 11) is 1.84. The molecule has 0 aromatic carbocycles. The molecule has 1 fully saturated rings. The number of hydrogen-bond acceptors (Lipinski definition) is 7. The van der Waals surface area contributed by atoms with E-state index in [4.69, 9.17) is 5.73 Å². The number of halogens is 3. The second-order valence-corrected chi connectivity index (χ2v) is 6.82. The number of aryl methyl sites for hydroxylation is 3. The normalized spacial score (nSPS) is 15.6. The number of anilines is 3. The van der Waals surface area contributed by atoms with E-state index in [0.29, 0.717) is 43.4 Å².